The van der Waals surface area contributed by atoms with Gasteiger partial charge in [-0.1, -0.05) is 63.9 Å². The second-order valence-corrected chi connectivity index (χ2v) is 8.47. The standard InChI is InChI=1S/C25H37N3O2/c1-5-6-8-15-24(29)27(17-21(2)3)20-25(30)28(18-22-12-9-7-10-13-22)19-23-14-11-16-26(23)4/h7,9-14,16,21H,5-6,8,15,17-20H2,1-4H3. The monoisotopic (exact) mass is 411 g/mol. The number of unbranched alkanes of at least 4 members (excludes halogenated alkanes) is 2. The maximum atomic E-state index is 13.3. The highest BCUT2D eigenvalue weighted by Crippen LogP contribution is 2.13. The van der Waals surface area contributed by atoms with Crippen LogP contribution in [0.25, 0.3) is 0 Å². The molecule has 30 heavy (non-hydrogen) atoms. The molecule has 1 aromatic carbocycles. The van der Waals surface area contributed by atoms with Gasteiger partial charge in [0.05, 0.1) is 13.1 Å². The normalized spacial score (nSPS) is 11.0. The van der Waals surface area contributed by atoms with Gasteiger partial charge >= 0.3 is 0 Å². The number of carbonyl (C=O) groups is 2. The molecule has 2 amide bonds. The SMILES string of the molecule is CCCCCC(=O)N(CC(=O)N(Cc1ccccc1)Cc1cccn1C)CC(C)C. The third-order valence-corrected chi connectivity index (χ3v) is 5.23. The third-order valence-electron chi connectivity index (χ3n) is 5.23. The van der Waals surface area contributed by atoms with Crippen LogP contribution in [0.2, 0.25) is 0 Å². The molecule has 0 atom stereocenters. The van der Waals surface area contributed by atoms with Crippen LogP contribution in [0.4, 0.5) is 0 Å². The summed E-state index contributed by atoms with van der Waals surface area (Å²) < 4.78 is 2.03. The van der Waals surface area contributed by atoms with Gasteiger partial charge in [0.15, 0.2) is 0 Å². The molecule has 0 aliphatic rings. The van der Waals surface area contributed by atoms with Crippen molar-refractivity contribution < 1.29 is 9.59 Å². The van der Waals surface area contributed by atoms with Crippen molar-refractivity contribution in [2.75, 3.05) is 13.1 Å². The topological polar surface area (TPSA) is 45.6 Å². The van der Waals surface area contributed by atoms with Crippen molar-refractivity contribution >= 4 is 11.8 Å². The molecule has 2 aromatic rings. The van der Waals surface area contributed by atoms with E-state index in [1.54, 1.807) is 4.90 Å². The largest absolute Gasteiger partial charge is 0.353 e. The molecule has 0 radical (unpaired) electrons. The molecule has 164 valence electrons. The average Bonchev–Trinajstić information content (AvgIpc) is 3.12. The minimum Gasteiger partial charge on any atom is -0.353 e. The molecule has 0 aliphatic heterocycles. The summed E-state index contributed by atoms with van der Waals surface area (Å²) in [7, 11) is 1.99. The third kappa shape index (κ3) is 7.69. The number of aryl methyl sites for hydroxylation is 1. The Morgan fingerprint density at radius 3 is 2.27 bits per heavy atom. The van der Waals surface area contributed by atoms with Crippen LogP contribution in [0.1, 0.15) is 57.7 Å². The number of hydrogen-bond acceptors (Lipinski definition) is 2. The Morgan fingerprint density at radius 1 is 0.933 bits per heavy atom. The van der Waals surface area contributed by atoms with Crippen LogP contribution in [0.3, 0.4) is 0 Å². The zero-order valence-electron chi connectivity index (χ0n) is 19.0. The van der Waals surface area contributed by atoms with Gasteiger partial charge in [-0.2, -0.15) is 0 Å². The molecule has 0 saturated carbocycles. The highest BCUT2D eigenvalue weighted by atomic mass is 16.2. The molecule has 0 unspecified atom stereocenters. The zero-order valence-corrected chi connectivity index (χ0v) is 19.0. The van der Waals surface area contributed by atoms with Crippen molar-refractivity contribution in [2.45, 2.75) is 59.5 Å². The number of amides is 2. The lowest BCUT2D eigenvalue weighted by atomic mass is 10.1. The highest BCUT2D eigenvalue weighted by molar-refractivity contribution is 5.84. The Balaban J connectivity index is 2.14. The van der Waals surface area contributed by atoms with E-state index in [9.17, 15) is 9.59 Å². The quantitative estimate of drug-likeness (QED) is 0.479. The van der Waals surface area contributed by atoms with Gasteiger partial charge in [0.1, 0.15) is 0 Å². The Labute approximate surface area is 181 Å². The summed E-state index contributed by atoms with van der Waals surface area (Å²) in [6.07, 6.45) is 5.52. The second kappa shape index (κ2) is 12.2. The Kier molecular flexibility index (Phi) is 9.65. The fourth-order valence-corrected chi connectivity index (χ4v) is 3.54. The first-order valence-electron chi connectivity index (χ1n) is 11.1. The van der Waals surface area contributed by atoms with E-state index in [0.29, 0.717) is 32.0 Å². The van der Waals surface area contributed by atoms with Gasteiger partial charge < -0.3 is 14.4 Å². The van der Waals surface area contributed by atoms with E-state index >= 15 is 0 Å². The second-order valence-electron chi connectivity index (χ2n) is 8.47. The summed E-state index contributed by atoms with van der Waals surface area (Å²) in [5.41, 5.74) is 2.16. The van der Waals surface area contributed by atoms with Crippen LogP contribution < -0.4 is 0 Å². The number of carbonyl (C=O) groups excluding carboxylic acids is 2. The van der Waals surface area contributed by atoms with Crippen LogP contribution in [-0.4, -0.2) is 39.3 Å². The summed E-state index contributed by atoms with van der Waals surface area (Å²) >= 11 is 0. The summed E-state index contributed by atoms with van der Waals surface area (Å²) in [6, 6.07) is 14.0. The first kappa shape index (κ1) is 23.7. The van der Waals surface area contributed by atoms with E-state index in [1.165, 1.54) is 0 Å². The predicted octanol–water partition coefficient (Wildman–Crippen LogP) is 4.62. The summed E-state index contributed by atoms with van der Waals surface area (Å²) in [5.74, 6) is 0.400. The maximum Gasteiger partial charge on any atom is 0.242 e. The minimum atomic E-state index is -0.00968. The molecule has 0 N–H and O–H groups in total. The van der Waals surface area contributed by atoms with Gasteiger partial charge in [-0.05, 0) is 30.0 Å². The number of benzene rings is 1. The Hall–Kier alpha value is -2.56. The van der Waals surface area contributed by atoms with Crippen LogP contribution in [0.15, 0.2) is 48.7 Å². The summed E-state index contributed by atoms with van der Waals surface area (Å²) in [4.78, 5) is 29.7. The molecule has 5 nitrogen and oxygen atoms in total. The maximum absolute atomic E-state index is 13.3. The van der Waals surface area contributed by atoms with Gasteiger partial charge in [-0.15, -0.1) is 0 Å². The first-order chi connectivity index (χ1) is 14.4. The van der Waals surface area contributed by atoms with E-state index in [-0.39, 0.29) is 18.4 Å². The molecule has 1 aromatic heterocycles. The Bertz CT molecular complexity index is 783. The van der Waals surface area contributed by atoms with Crippen molar-refractivity contribution in [3.8, 4) is 0 Å². The van der Waals surface area contributed by atoms with E-state index in [0.717, 1.165) is 30.5 Å². The number of aromatic nitrogens is 1. The number of rotatable bonds is 12. The van der Waals surface area contributed by atoms with Crippen LogP contribution in [0, 0.1) is 5.92 Å². The van der Waals surface area contributed by atoms with E-state index < -0.39 is 0 Å². The smallest absolute Gasteiger partial charge is 0.242 e. The molecular weight excluding hydrogens is 374 g/mol. The van der Waals surface area contributed by atoms with Crippen molar-refractivity contribution in [3.05, 3.63) is 59.9 Å². The zero-order chi connectivity index (χ0) is 21.9. The molecule has 0 spiro atoms. The van der Waals surface area contributed by atoms with Gasteiger partial charge in [0, 0.05) is 38.4 Å². The number of nitrogens with zero attached hydrogens (tertiary/aromatic N) is 3. The molecular formula is C25H37N3O2. The lowest BCUT2D eigenvalue weighted by molar-refractivity contribution is -0.141. The average molecular weight is 412 g/mol. The Morgan fingerprint density at radius 2 is 1.67 bits per heavy atom. The van der Waals surface area contributed by atoms with Crippen molar-refractivity contribution in [3.63, 3.8) is 0 Å². The lowest BCUT2D eigenvalue weighted by Gasteiger charge is -2.29. The van der Waals surface area contributed by atoms with E-state index in [2.05, 4.69) is 20.8 Å². The van der Waals surface area contributed by atoms with Crippen molar-refractivity contribution in [1.29, 1.82) is 0 Å². The van der Waals surface area contributed by atoms with Gasteiger partial charge in [0.25, 0.3) is 0 Å². The fourth-order valence-electron chi connectivity index (χ4n) is 3.54. The summed E-state index contributed by atoms with van der Waals surface area (Å²) in [5, 5.41) is 0. The van der Waals surface area contributed by atoms with Crippen molar-refractivity contribution in [2.24, 2.45) is 13.0 Å². The first-order valence-corrected chi connectivity index (χ1v) is 11.1. The molecule has 0 fully saturated rings. The van der Waals surface area contributed by atoms with Crippen LogP contribution in [0.5, 0.6) is 0 Å². The molecule has 0 saturated heterocycles. The molecule has 0 bridgehead atoms. The number of hydrogen-bond donors (Lipinski definition) is 0. The summed E-state index contributed by atoms with van der Waals surface area (Å²) in [6.45, 7) is 8.11. The van der Waals surface area contributed by atoms with Gasteiger partial charge in [-0.25, -0.2) is 0 Å². The van der Waals surface area contributed by atoms with E-state index in [1.807, 2.05) is 65.2 Å². The van der Waals surface area contributed by atoms with Gasteiger partial charge in [0.2, 0.25) is 11.8 Å². The molecule has 0 aliphatic carbocycles. The van der Waals surface area contributed by atoms with E-state index in [4.69, 9.17) is 0 Å². The molecule has 5 heteroatoms. The highest BCUT2D eigenvalue weighted by Gasteiger charge is 2.22. The molecule has 2 rings (SSSR count). The van der Waals surface area contributed by atoms with Crippen LogP contribution >= 0.6 is 0 Å². The fraction of sp³-hybridized carbons (Fsp3) is 0.520. The van der Waals surface area contributed by atoms with Gasteiger partial charge in [-0.3, -0.25) is 9.59 Å². The minimum absolute atomic E-state index is 0.00968. The lowest BCUT2D eigenvalue weighted by Crippen LogP contribution is -2.44. The van der Waals surface area contributed by atoms with Crippen LogP contribution in [-0.2, 0) is 29.7 Å². The van der Waals surface area contributed by atoms with Crippen molar-refractivity contribution in [1.82, 2.24) is 14.4 Å². The molecule has 1 heterocycles. The predicted molar refractivity (Wildman–Crippen MR) is 122 cm³/mol.